The van der Waals surface area contributed by atoms with Gasteiger partial charge in [0.25, 0.3) is 0 Å². The van der Waals surface area contributed by atoms with Gasteiger partial charge in [0.1, 0.15) is 0 Å². The molecule has 3 aromatic rings. The molecule has 0 saturated carbocycles. The Labute approximate surface area is 135 Å². The van der Waals surface area contributed by atoms with Crippen LogP contribution in [0.5, 0.6) is 5.75 Å². The van der Waals surface area contributed by atoms with Gasteiger partial charge in [0, 0.05) is 0 Å². The van der Waals surface area contributed by atoms with Gasteiger partial charge in [0.05, 0.1) is 0 Å². The first-order valence-corrected chi connectivity index (χ1v) is 8.38. The number of carbonyl (C=O) groups is 1. The van der Waals surface area contributed by atoms with Gasteiger partial charge in [-0.05, 0) is 0 Å². The monoisotopic (exact) mass is 411 g/mol. The molecule has 5 nitrogen and oxygen atoms in total. The molecule has 1 amide bonds. The van der Waals surface area contributed by atoms with Crippen molar-refractivity contribution in [3.05, 3.63) is 46.4 Å². The van der Waals surface area contributed by atoms with E-state index in [1.165, 1.54) is 0 Å². The van der Waals surface area contributed by atoms with E-state index in [9.17, 15) is 4.79 Å². The molecule has 3 rings (SSSR count). The summed E-state index contributed by atoms with van der Waals surface area (Å²) in [5, 5.41) is 2.88. The molecule has 21 heavy (non-hydrogen) atoms. The number of carbonyl (C=O) groups excluding carboxylic acids is 1. The molecule has 0 aliphatic carbocycles. The van der Waals surface area contributed by atoms with Crippen molar-refractivity contribution in [3.63, 3.8) is 0 Å². The number of benzene rings is 2. The SMILES string of the molecule is COc1ccc(Br)c(C(=O)Nc2cccc3n[se]nc23)c1. The van der Waals surface area contributed by atoms with Gasteiger partial charge in [-0.2, -0.15) is 0 Å². The van der Waals surface area contributed by atoms with E-state index in [1.807, 2.05) is 18.2 Å². The third-order valence-corrected chi connectivity index (χ3v) is 4.78. The van der Waals surface area contributed by atoms with Crippen molar-refractivity contribution >= 4 is 53.5 Å². The second kappa shape index (κ2) is 5.97. The van der Waals surface area contributed by atoms with Crippen LogP contribution in [0.2, 0.25) is 0 Å². The van der Waals surface area contributed by atoms with Crippen LogP contribution in [0.4, 0.5) is 5.69 Å². The Morgan fingerprint density at radius 2 is 2.14 bits per heavy atom. The fourth-order valence-corrected chi connectivity index (χ4v) is 3.48. The Morgan fingerprint density at radius 3 is 2.95 bits per heavy atom. The van der Waals surface area contributed by atoms with Crippen LogP contribution in [0.15, 0.2) is 40.9 Å². The average molecular weight is 411 g/mol. The summed E-state index contributed by atoms with van der Waals surface area (Å²) in [5.41, 5.74) is 2.77. The first-order chi connectivity index (χ1) is 10.2. The van der Waals surface area contributed by atoms with Gasteiger partial charge in [-0.15, -0.1) is 0 Å². The van der Waals surface area contributed by atoms with Gasteiger partial charge in [0.2, 0.25) is 0 Å². The van der Waals surface area contributed by atoms with Crippen LogP contribution in [0, 0.1) is 0 Å². The summed E-state index contributed by atoms with van der Waals surface area (Å²) >= 11 is 3.26. The number of aromatic nitrogens is 2. The maximum atomic E-state index is 12.4. The van der Waals surface area contributed by atoms with Crippen molar-refractivity contribution in [2.24, 2.45) is 0 Å². The molecule has 0 unspecified atom stereocenters. The summed E-state index contributed by atoms with van der Waals surface area (Å²) in [7, 11) is 1.57. The van der Waals surface area contributed by atoms with Crippen LogP contribution in [0.25, 0.3) is 11.0 Å². The molecular weight excluding hydrogens is 401 g/mol. The second-order valence-corrected chi connectivity index (χ2v) is 6.20. The molecule has 106 valence electrons. The third kappa shape index (κ3) is 2.85. The van der Waals surface area contributed by atoms with Crippen molar-refractivity contribution < 1.29 is 9.53 Å². The standard InChI is InChI=1S/C14H10BrN3O2Se/c1-20-8-5-6-10(15)9(7-8)14(19)16-11-3-2-4-12-13(11)18-21-17-12/h2-7H,1H3,(H,16,19). The van der Waals surface area contributed by atoms with E-state index in [0.29, 0.717) is 21.5 Å². The number of methoxy groups -OCH3 is 1. The number of hydrogen-bond acceptors (Lipinski definition) is 4. The normalized spacial score (nSPS) is 10.6. The number of rotatable bonds is 3. The molecule has 0 radical (unpaired) electrons. The van der Waals surface area contributed by atoms with E-state index in [2.05, 4.69) is 29.2 Å². The van der Waals surface area contributed by atoms with Crippen molar-refractivity contribution in [1.29, 1.82) is 0 Å². The predicted molar refractivity (Wildman–Crippen MR) is 85.1 cm³/mol. The predicted octanol–water partition coefficient (Wildman–Crippen LogP) is 2.71. The number of nitrogens with one attached hydrogen (secondary N) is 1. The molecule has 0 fully saturated rings. The minimum absolute atomic E-state index is 0.125. The molecule has 0 atom stereocenters. The molecule has 0 saturated heterocycles. The first kappa shape index (κ1) is 14.3. The molecule has 1 aromatic heterocycles. The van der Waals surface area contributed by atoms with E-state index in [1.54, 1.807) is 25.3 Å². The van der Waals surface area contributed by atoms with Crippen LogP contribution in [0.1, 0.15) is 10.4 Å². The van der Waals surface area contributed by atoms with E-state index in [-0.39, 0.29) is 20.9 Å². The number of nitrogens with zero attached hydrogens (tertiary/aromatic N) is 2. The molecule has 0 spiro atoms. The van der Waals surface area contributed by atoms with E-state index >= 15 is 0 Å². The van der Waals surface area contributed by atoms with E-state index in [4.69, 9.17) is 4.74 Å². The Kier molecular flexibility index (Phi) is 4.05. The number of hydrogen-bond donors (Lipinski definition) is 1. The van der Waals surface area contributed by atoms with Crippen LogP contribution in [-0.2, 0) is 0 Å². The molecule has 1 N–H and O–H groups in total. The van der Waals surface area contributed by atoms with Crippen LogP contribution in [-0.4, -0.2) is 35.9 Å². The van der Waals surface area contributed by atoms with Gasteiger partial charge in [-0.3, -0.25) is 0 Å². The van der Waals surface area contributed by atoms with Crippen LogP contribution in [0.3, 0.4) is 0 Å². The molecule has 0 bridgehead atoms. The number of ether oxygens (including phenoxy) is 1. The Balaban J connectivity index is 1.95. The number of fused-ring (bicyclic) bond motifs is 1. The van der Waals surface area contributed by atoms with E-state index < -0.39 is 0 Å². The van der Waals surface area contributed by atoms with Gasteiger partial charge >= 0.3 is 136 Å². The molecule has 7 heteroatoms. The summed E-state index contributed by atoms with van der Waals surface area (Å²) in [6.07, 6.45) is 0. The topological polar surface area (TPSA) is 64.1 Å². The zero-order chi connectivity index (χ0) is 14.8. The zero-order valence-corrected chi connectivity index (χ0v) is 14.3. The second-order valence-electron chi connectivity index (χ2n) is 4.24. The fourth-order valence-electron chi connectivity index (χ4n) is 1.90. The first-order valence-electron chi connectivity index (χ1n) is 6.05. The van der Waals surface area contributed by atoms with Crippen LogP contribution >= 0.6 is 15.9 Å². The number of halogens is 1. The fraction of sp³-hybridized carbons (Fsp3) is 0.0714. The summed E-state index contributed by atoms with van der Waals surface area (Å²) in [6.45, 7) is 0. The molecular formula is C14H10BrN3O2Se. The van der Waals surface area contributed by atoms with Crippen molar-refractivity contribution in [2.45, 2.75) is 0 Å². The van der Waals surface area contributed by atoms with Crippen molar-refractivity contribution in [3.8, 4) is 5.75 Å². The number of amides is 1. The van der Waals surface area contributed by atoms with Gasteiger partial charge in [-0.25, -0.2) is 0 Å². The van der Waals surface area contributed by atoms with Gasteiger partial charge in [0.15, 0.2) is 0 Å². The third-order valence-electron chi connectivity index (χ3n) is 2.95. The minimum atomic E-state index is -0.219. The van der Waals surface area contributed by atoms with E-state index in [0.717, 1.165) is 11.0 Å². The summed E-state index contributed by atoms with van der Waals surface area (Å²) in [5.74, 6) is 0.411. The van der Waals surface area contributed by atoms with Crippen molar-refractivity contribution in [2.75, 3.05) is 12.4 Å². The molecule has 0 aliphatic rings. The molecule has 1 heterocycles. The summed E-state index contributed by atoms with van der Waals surface area (Å²) < 4.78 is 14.5. The summed E-state index contributed by atoms with van der Waals surface area (Å²) in [6, 6.07) is 10.8. The van der Waals surface area contributed by atoms with Crippen molar-refractivity contribution in [1.82, 2.24) is 7.96 Å². The summed E-state index contributed by atoms with van der Waals surface area (Å²) in [4.78, 5) is 12.4. The zero-order valence-electron chi connectivity index (χ0n) is 11.0. The Bertz CT molecular complexity index is 819. The Hall–Kier alpha value is -1.69. The molecule has 2 aromatic carbocycles. The maximum absolute atomic E-state index is 12.4. The molecule has 0 aliphatic heterocycles. The number of anilines is 1. The Morgan fingerprint density at radius 1 is 1.29 bits per heavy atom. The van der Waals surface area contributed by atoms with Crippen LogP contribution < -0.4 is 10.1 Å². The quantitative estimate of drug-likeness (QED) is 0.674. The average Bonchev–Trinajstić information content (AvgIpc) is 2.97. The van der Waals surface area contributed by atoms with Gasteiger partial charge in [-0.1, -0.05) is 0 Å². The van der Waals surface area contributed by atoms with Gasteiger partial charge < -0.3 is 0 Å².